The lowest BCUT2D eigenvalue weighted by Crippen LogP contribution is -1.97. The summed E-state index contributed by atoms with van der Waals surface area (Å²) in [6.07, 6.45) is 1.69. The van der Waals surface area contributed by atoms with Crippen molar-refractivity contribution in [2.45, 2.75) is 6.92 Å². The lowest BCUT2D eigenvalue weighted by molar-refractivity contribution is 0.389. The van der Waals surface area contributed by atoms with Gasteiger partial charge in [0.05, 0.1) is 17.1 Å². The summed E-state index contributed by atoms with van der Waals surface area (Å²) >= 11 is 0. The number of nitrogens with two attached hydrogens (primary N) is 1. The van der Waals surface area contributed by atoms with E-state index in [0.717, 1.165) is 11.3 Å². The molecular formula is C11H12N4O. The molecule has 5 heteroatoms. The van der Waals surface area contributed by atoms with E-state index in [4.69, 9.17) is 10.9 Å². The van der Waals surface area contributed by atoms with Crippen LogP contribution in [0.2, 0.25) is 0 Å². The number of hydrogen-bond acceptors (Lipinski definition) is 5. The Hall–Kier alpha value is -2.14. The van der Waals surface area contributed by atoms with E-state index in [1.54, 1.807) is 24.4 Å². The van der Waals surface area contributed by atoms with Gasteiger partial charge in [-0.25, -0.2) is 9.97 Å². The standard InChI is InChI=1S/C11H12N4O/c1-7-13-5-4-10(14-7)8-2-3-9(12)11(6-8)15-16/h2-6,15-16H,12H2,1H3. The number of benzene rings is 1. The molecule has 1 aromatic heterocycles. The second-order valence-corrected chi connectivity index (χ2v) is 3.40. The molecule has 0 aliphatic rings. The zero-order valence-corrected chi connectivity index (χ0v) is 8.81. The number of nitrogens with zero attached hydrogens (tertiary/aromatic N) is 2. The first-order valence-electron chi connectivity index (χ1n) is 4.80. The Kier molecular flexibility index (Phi) is 2.70. The van der Waals surface area contributed by atoms with Gasteiger partial charge in [0, 0.05) is 11.8 Å². The van der Waals surface area contributed by atoms with Crippen molar-refractivity contribution in [3.05, 3.63) is 36.3 Å². The van der Waals surface area contributed by atoms with Gasteiger partial charge in [-0.3, -0.25) is 10.7 Å². The maximum absolute atomic E-state index is 8.88. The summed E-state index contributed by atoms with van der Waals surface area (Å²) < 4.78 is 0. The molecule has 0 fully saturated rings. The third-order valence-electron chi connectivity index (χ3n) is 2.25. The molecule has 16 heavy (non-hydrogen) atoms. The van der Waals surface area contributed by atoms with Crippen LogP contribution in [0, 0.1) is 6.92 Å². The number of aromatic nitrogens is 2. The molecule has 0 unspecified atom stereocenters. The van der Waals surface area contributed by atoms with Gasteiger partial charge in [-0.2, -0.15) is 0 Å². The van der Waals surface area contributed by atoms with E-state index < -0.39 is 0 Å². The Morgan fingerprint density at radius 1 is 1.31 bits per heavy atom. The van der Waals surface area contributed by atoms with Crippen molar-refractivity contribution in [1.29, 1.82) is 0 Å². The van der Waals surface area contributed by atoms with Crippen LogP contribution in [0.25, 0.3) is 11.3 Å². The molecule has 1 aromatic carbocycles. The van der Waals surface area contributed by atoms with Crippen LogP contribution in [-0.2, 0) is 0 Å². The summed E-state index contributed by atoms with van der Waals surface area (Å²) in [4.78, 5) is 8.31. The fraction of sp³-hybridized carbons (Fsp3) is 0.0909. The number of nitrogen functional groups attached to an aromatic ring is 1. The van der Waals surface area contributed by atoms with E-state index in [2.05, 4.69) is 15.4 Å². The monoisotopic (exact) mass is 216 g/mol. The number of nitrogens with one attached hydrogen (secondary N) is 1. The van der Waals surface area contributed by atoms with Gasteiger partial charge in [-0.05, 0) is 25.1 Å². The van der Waals surface area contributed by atoms with Crippen molar-refractivity contribution in [2.24, 2.45) is 0 Å². The van der Waals surface area contributed by atoms with Crippen LogP contribution in [0.4, 0.5) is 11.4 Å². The van der Waals surface area contributed by atoms with Crippen molar-refractivity contribution < 1.29 is 5.21 Å². The van der Waals surface area contributed by atoms with E-state index in [9.17, 15) is 0 Å². The maximum Gasteiger partial charge on any atom is 0.125 e. The highest BCUT2D eigenvalue weighted by molar-refractivity contribution is 5.73. The van der Waals surface area contributed by atoms with Crippen LogP contribution in [0.15, 0.2) is 30.5 Å². The minimum atomic E-state index is 0.466. The summed E-state index contributed by atoms with van der Waals surface area (Å²) in [6.45, 7) is 1.83. The first kappa shape index (κ1) is 10.4. The Morgan fingerprint density at radius 3 is 2.81 bits per heavy atom. The van der Waals surface area contributed by atoms with Crippen molar-refractivity contribution in [2.75, 3.05) is 11.2 Å². The molecule has 0 saturated heterocycles. The third-order valence-corrected chi connectivity index (χ3v) is 2.25. The van der Waals surface area contributed by atoms with Gasteiger partial charge in [0.1, 0.15) is 5.82 Å². The SMILES string of the molecule is Cc1nccc(-c2ccc(N)c(NO)c2)n1. The molecule has 4 N–H and O–H groups in total. The second kappa shape index (κ2) is 4.16. The topological polar surface area (TPSA) is 84.1 Å². The molecular weight excluding hydrogens is 204 g/mol. The average molecular weight is 216 g/mol. The highest BCUT2D eigenvalue weighted by atomic mass is 16.5. The quantitative estimate of drug-likeness (QED) is 0.527. The van der Waals surface area contributed by atoms with Crippen LogP contribution >= 0.6 is 0 Å². The Bertz CT molecular complexity index is 513. The third kappa shape index (κ3) is 1.94. The van der Waals surface area contributed by atoms with Gasteiger partial charge in [0.15, 0.2) is 0 Å². The smallest absolute Gasteiger partial charge is 0.125 e. The van der Waals surface area contributed by atoms with Crippen LogP contribution in [-0.4, -0.2) is 15.2 Å². The lowest BCUT2D eigenvalue weighted by atomic mass is 10.1. The lowest BCUT2D eigenvalue weighted by Gasteiger charge is -2.07. The van der Waals surface area contributed by atoms with Crippen molar-refractivity contribution >= 4 is 11.4 Å². The average Bonchev–Trinajstić information content (AvgIpc) is 2.29. The molecule has 0 radical (unpaired) electrons. The predicted octanol–water partition coefficient (Wildman–Crippen LogP) is 1.84. The molecule has 82 valence electrons. The van der Waals surface area contributed by atoms with Gasteiger partial charge in [-0.1, -0.05) is 6.07 Å². The largest absolute Gasteiger partial charge is 0.397 e. The van der Waals surface area contributed by atoms with E-state index in [1.165, 1.54) is 0 Å². The molecule has 0 amide bonds. The fourth-order valence-corrected chi connectivity index (χ4v) is 1.43. The van der Waals surface area contributed by atoms with E-state index >= 15 is 0 Å². The molecule has 0 aliphatic heterocycles. The molecule has 2 rings (SSSR count). The second-order valence-electron chi connectivity index (χ2n) is 3.40. The fourth-order valence-electron chi connectivity index (χ4n) is 1.43. The minimum Gasteiger partial charge on any atom is -0.397 e. The first-order valence-corrected chi connectivity index (χ1v) is 4.80. The van der Waals surface area contributed by atoms with Gasteiger partial charge in [-0.15, -0.1) is 0 Å². The van der Waals surface area contributed by atoms with Crippen molar-refractivity contribution in [3.8, 4) is 11.3 Å². The zero-order valence-electron chi connectivity index (χ0n) is 8.81. The summed E-state index contributed by atoms with van der Waals surface area (Å²) in [5.41, 5.74) is 10.3. The number of hydrogen-bond donors (Lipinski definition) is 3. The highest BCUT2D eigenvalue weighted by Crippen LogP contribution is 2.25. The highest BCUT2D eigenvalue weighted by Gasteiger charge is 2.03. The number of aryl methyl sites for hydroxylation is 1. The first-order chi connectivity index (χ1) is 7.70. The Morgan fingerprint density at radius 2 is 2.12 bits per heavy atom. The van der Waals surface area contributed by atoms with Gasteiger partial charge in [0.25, 0.3) is 0 Å². The minimum absolute atomic E-state index is 0.466. The van der Waals surface area contributed by atoms with E-state index in [1.807, 2.05) is 13.0 Å². The molecule has 0 bridgehead atoms. The van der Waals surface area contributed by atoms with Crippen LogP contribution in [0.5, 0.6) is 0 Å². The van der Waals surface area contributed by atoms with Crippen LogP contribution < -0.4 is 11.2 Å². The summed E-state index contributed by atoms with van der Waals surface area (Å²) in [5.74, 6) is 0.702. The predicted molar refractivity (Wildman–Crippen MR) is 62.0 cm³/mol. The maximum atomic E-state index is 8.88. The summed E-state index contributed by atoms with van der Waals surface area (Å²) in [7, 11) is 0. The molecule has 0 spiro atoms. The molecule has 1 heterocycles. The Balaban J connectivity index is 2.48. The van der Waals surface area contributed by atoms with Crippen LogP contribution in [0.3, 0.4) is 0 Å². The van der Waals surface area contributed by atoms with Gasteiger partial charge < -0.3 is 5.73 Å². The van der Waals surface area contributed by atoms with Crippen LogP contribution in [0.1, 0.15) is 5.82 Å². The van der Waals surface area contributed by atoms with Gasteiger partial charge >= 0.3 is 0 Å². The zero-order chi connectivity index (χ0) is 11.5. The normalized spacial score (nSPS) is 10.1. The molecule has 0 saturated carbocycles. The summed E-state index contributed by atoms with van der Waals surface area (Å²) in [5, 5.41) is 8.88. The van der Waals surface area contributed by atoms with Crippen molar-refractivity contribution in [1.82, 2.24) is 9.97 Å². The Labute approximate surface area is 92.9 Å². The van der Waals surface area contributed by atoms with Gasteiger partial charge in [0.2, 0.25) is 0 Å². The molecule has 0 atom stereocenters. The van der Waals surface area contributed by atoms with Crippen molar-refractivity contribution in [3.63, 3.8) is 0 Å². The van der Waals surface area contributed by atoms with E-state index in [0.29, 0.717) is 17.2 Å². The molecule has 5 nitrogen and oxygen atoms in total. The number of rotatable bonds is 2. The molecule has 2 aromatic rings. The molecule has 0 aliphatic carbocycles. The van der Waals surface area contributed by atoms with E-state index in [-0.39, 0.29) is 0 Å². The number of anilines is 2. The summed E-state index contributed by atoms with van der Waals surface area (Å²) in [6, 6.07) is 7.10.